The molecule has 0 saturated heterocycles. The molecule has 0 unspecified atom stereocenters. The van der Waals surface area contributed by atoms with Crippen molar-refractivity contribution in [2.45, 2.75) is 26.4 Å². The summed E-state index contributed by atoms with van der Waals surface area (Å²) in [5.74, 6) is 1.50. The molecule has 0 aliphatic heterocycles. The maximum Gasteiger partial charge on any atom is 0.175 e. The summed E-state index contributed by atoms with van der Waals surface area (Å²) in [6.45, 7) is 5.49. The van der Waals surface area contributed by atoms with Crippen LogP contribution in [0, 0.1) is 0 Å². The first kappa shape index (κ1) is 16.8. The second-order valence-electron chi connectivity index (χ2n) is 5.06. The van der Waals surface area contributed by atoms with Crippen LogP contribution < -0.4 is 14.8 Å². The Hall–Kier alpha value is -1.52. The molecule has 0 aromatic heterocycles. The Balaban J connectivity index is 2.08. The zero-order chi connectivity index (χ0) is 15.9. The van der Waals surface area contributed by atoms with E-state index >= 15 is 0 Å². The van der Waals surface area contributed by atoms with Crippen molar-refractivity contribution < 1.29 is 9.47 Å². The van der Waals surface area contributed by atoms with Crippen LogP contribution in [0.3, 0.4) is 0 Å². The van der Waals surface area contributed by atoms with Gasteiger partial charge < -0.3 is 14.8 Å². The minimum Gasteiger partial charge on any atom is -0.493 e. The van der Waals surface area contributed by atoms with Crippen LogP contribution in [-0.4, -0.2) is 13.7 Å². The third-order valence-corrected chi connectivity index (χ3v) is 4.08. The van der Waals surface area contributed by atoms with Crippen molar-refractivity contribution >= 4 is 15.9 Å². The van der Waals surface area contributed by atoms with Crippen molar-refractivity contribution in [2.24, 2.45) is 0 Å². The number of methoxy groups -OCH3 is 1. The molecule has 2 aromatic carbocycles. The Morgan fingerprint density at radius 1 is 1.18 bits per heavy atom. The Morgan fingerprint density at radius 2 is 1.91 bits per heavy atom. The molecule has 0 aliphatic carbocycles. The van der Waals surface area contributed by atoms with Gasteiger partial charge in [0, 0.05) is 12.6 Å². The highest BCUT2D eigenvalue weighted by Gasteiger charge is 2.12. The molecule has 4 heteroatoms. The highest BCUT2D eigenvalue weighted by atomic mass is 79.9. The zero-order valence-electron chi connectivity index (χ0n) is 13.2. The van der Waals surface area contributed by atoms with Crippen molar-refractivity contribution in [3.63, 3.8) is 0 Å². The summed E-state index contributed by atoms with van der Waals surface area (Å²) < 4.78 is 12.0. The normalized spacial score (nSPS) is 12.0. The Kier molecular flexibility index (Phi) is 6.28. The van der Waals surface area contributed by atoms with Crippen molar-refractivity contribution in [3.8, 4) is 11.5 Å². The summed E-state index contributed by atoms with van der Waals surface area (Å²) in [7, 11) is 1.66. The van der Waals surface area contributed by atoms with Crippen LogP contribution >= 0.6 is 15.9 Å². The number of hydrogen-bond donors (Lipinski definition) is 1. The SMILES string of the molecule is CCOc1c(Br)cc(CN[C@@H](C)c2ccccc2)cc1OC. The molecule has 0 amide bonds. The van der Waals surface area contributed by atoms with Crippen LogP contribution in [0.15, 0.2) is 46.9 Å². The minimum atomic E-state index is 0.289. The van der Waals surface area contributed by atoms with Gasteiger partial charge in [-0.3, -0.25) is 0 Å². The van der Waals surface area contributed by atoms with Gasteiger partial charge in [-0.05, 0) is 53.0 Å². The predicted molar refractivity (Wildman–Crippen MR) is 93.6 cm³/mol. The zero-order valence-corrected chi connectivity index (χ0v) is 14.8. The van der Waals surface area contributed by atoms with E-state index < -0.39 is 0 Å². The average Bonchev–Trinajstić information content (AvgIpc) is 2.55. The molecule has 0 radical (unpaired) electrons. The molecule has 0 aliphatic rings. The Labute approximate surface area is 140 Å². The molecule has 22 heavy (non-hydrogen) atoms. The molecular formula is C18H22BrNO2. The van der Waals surface area contributed by atoms with Gasteiger partial charge in [-0.25, -0.2) is 0 Å². The average molecular weight is 364 g/mol. The quantitative estimate of drug-likeness (QED) is 0.772. The molecular weight excluding hydrogens is 342 g/mol. The van der Waals surface area contributed by atoms with E-state index in [4.69, 9.17) is 9.47 Å². The van der Waals surface area contributed by atoms with Crippen molar-refractivity contribution in [1.29, 1.82) is 0 Å². The standard InChI is InChI=1S/C18H22BrNO2/c1-4-22-18-16(19)10-14(11-17(18)21-3)12-20-13(2)15-8-6-5-7-9-15/h5-11,13,20H,4,12H2,1-3H3/t13-/m0/s1. The van der Waals surface area contributed by atoms with Crippen molar-refractivity contribution in [3.05, 3.63) is 58.1 Å². The number of halogens is 1. The Bertz CT molecular complexity index is 602. The Morgan fingerprint density at radius 3 is 2.55 bits per heavy atom. The maximum absolute atomic E-state index is 5.62. The topological polar surface area (TPSA) is 30.5 Å². The van der Waals surface area contributed by atoms with E-state index in [2.05, 4.69) is 58.5 Å². The van der Waals surface area contributed by atoms with Gasteiger partial charge in [0.05, 0.1) is 18.2 Å². The van der Waals surface area contributed by atoms with E-state index in [9.17, 15) is 0 Å². The van der Waals surface area contributed by atoms with Crippen LogP contribution in [0.2, 0.25) is 0 Å². The summed E-state index contributed by atoms with van der Waals surface area (Å²) in [5, 5.41) is 3.53. The summed E-state index contributed by atoms with van der Waals surface area (Å²) >= 11 is 3.56. The fraction of sp³-hybridized carbons (Fsp3) is 0.333. The minimum absolute atomic E-state index is 0.289. The van der Waals surface area contributed by atoms with Gasteiger partial charge in [0.25, 0.3) is 0 Å². The van der Waals surface area contributed by atoms with Gasteiger partial charge in [0.1, 0.15) is 0 Å². The molecule has 3 nitrogen and oxygen atoms in total. The van der Waals surface area contributed by atoms with Crippen LogP contribution in [0.4, 0.5) is 0 Å². The predicted octanol–water partition coefficient (Wildman–Crippen LogP) is 4.71. The number of hydrogen-bond acceptors (Lipinski definition) is 3. The van der Waals surface area contributed by atoms with Crippen molar-refractivity contribution in [1.82, 2.24) is 5.32 Å². The van der Waals surface area contributed by atoms with Crippen LogP contribution in [0.1, 0.15) is 31.0 Å². The first-order valence-corrected chi connectivity index (χ1v) is 8.22. The number of ether oxygens (including phenoxy) is 2. The molecule has 118 valence electrons. The van der Waals surface area contributed by atoms with E-state index in [1.54, 1.807) is 7.11 Å². The number of benzene rings is 2. The van der Waals surface area contributed by atoms with Gasteiger partial charge in [0.2, 0.25) is 0 Å². The summed E-state index contributed by atoms with van der Waals surface area (Å²) in [6, 6.07) is 14.8. The van der Waals surface area contributed by atoms with E-state index in [1.807, 2.05) is 19.1 Å². The molecule has 1 N–H and O–H groups in total. The first-order valence-electron chi connectivity index (χ1n) is 7.43. The van der Waals surface area contributed by atoms with Crippen LogP contribution in [0.25, 0.3) is 0 Å². The monoisotopic (exact) mass is 363 g/mol. The highest BCUT2D eigenvalue weighted by Crippen LogP contribution is 2.36. The molecule has 2 aromatic rings. The molecule has 0 saturated carbocycles. The third kappa shape index (κ3) is 4.24. The van der Waals surface area contributed by atoms with E-state index in [1.165, 1.54) is 5.56 Å². The summed E-state index contributed by atoms with van der Waals surface area (Å²) in [4.78, 5) is 0. The molecule has 0 bridgehead atoms. The lowest BCUT2D eigenvalue weighted by Crippen LogP contribution is -2.18. The lowest BCUT2D eigenvalue weighted by Gasteiger charge is -2.16. The summed E-state index contributed by atoms with van der Waals surface area (Å²) in [6.07, 6.45) is 0. The smallest absolute Gasteiger partial charge is 0.175 e. The third-order valence-electron chi connectivity index (χ3n) is 3.49. The lowest BCUT2D eigenvalue weighted by molar-refractivity contribution is 0.308. The lowest BCUT2D eigenvalue weighted by atomic mass is 10.1. The van der Waals surface area contributed by atoms with Gasteiger partial charge in [-0.15, -0.1) is 0 Å². The molecule has 0 heterocycles. The van der Waals surface area contributed by atoms with Gasteiger partial charge in [-0.1, -0.05) is 30.3 Å². The number of rotatable bonds is 7. The molecule has 2 rings (SSSR count). The number of nitrogens with one attached hydrogen (secondary N) is 1. The van der Waals surface area contributed by atoms with Gasteiger partial charge in [0.15, 0.2) is 11.5 Å². The van der Waals surface area contributed by atoms with Crippen LogP contribution in [0.5, 0.6) is 11.5 Å². The first-order chi connectivity index (χ1) is 10.7. The van der Waals surface area contributed by atoms with E-state index in [0.29, 0.717) is 6.61 Å². The second-order valence-corrected chi connectivity index (χ2v) is 5.91. The maximum atomic E-state index is 5.62. The fourth-order valence-electron chi connectivity index (χ4n) is 2.29. The van der Waals surface area contributed by atoms with Gasteiger partial charge in [-0.2, -0.15) is 0 Å². The van der Waals surface area contributed by atoms with Crippen molar-refractivity contribution in [2.75, 3.05) is 13.7 Å². The highest BCUT2D eigenvalue weighted by molar-refractivity contribution is 9.10. The van der Waals surface area contributed by atoms with Gasteiger partial charge >= 0.3 is 0 Å². The summed E-state index contributed by atoms with van der Waals surface area (Å²) in [5.41, 5.74) is 2.43. The van der Waals surface area contributed by atoms with Crippen LogP contribution in [-0.2, 0) is 6.54 Å². The second kappa shape index (κ2) is 8.20. The molecule has 0 fully saturated rings. The molecule has 1 atom stereocenters. The molecule has 0 spiro atoms. The fourth-order valence-corrected chi connectivity index (χ4v) is 2.89. The van der Waals surface area contributed by atoms with E-state index in [-0.39, 0.29) is 6.04 Å². The van der Waals surface area contributed by atoms with E-state index in [0.717, 1.165) is 28.1 Å². The largest absolute Gasteiger partial charge is 0.493 e.